The molecule has 1 aromatic rings. The summed E-state index contributed by atoms with van der Waals surface area (Å²) in [5.74, 6) is 1.13. The molecule has 1 N–H and O–H groups in total. The van der Waals surface area contributed by atoms with Gasteiger partial charge in [0.2, 0.25) is 0 Å². The predicted molar refractivity (Wildman–Crippen MR) is 64.7 cm³/mol. The Bertz CT molecular complexity index is 386. The van der Waals surface area contributed by atoms with E-state index in [1.165, 1.54) is 5.56 Å². The minimum Gasteiger partial charge on any atom is -0.497 e. The lowest BCUT2D eigenvalue weighted by atomic mass is 9.82. The van der Waals surface area contributed by atoms with Crippen molar-refractivity contribution in [3.8, 4) is 5.75 Å². The topological polar surface area (TPSA) is 29.5 Å². The van der Waals surface area contributed by atoms with E-state index in [4.69, 9.17) is 4.74 Å². The average molecular weight is 220 g/mol. The van der Waals surface area contributed by atoms with Gasteiger partial charge >= 0.3 is 0 Å². The van der Waals surface area contributed by atoms with Gasteiger partial charge in [-0.1, -0.05) is 26.3 Å². The zero-order chi connectivity index (χ0) is 11.8. The van der Waals surface area contributed by atoms with Crippen LogP contribution < -0.4 is 4.74 Å². The molecule has 2 heteroatoms. The van der Waals surface area contributed by atoms with Gasteiger partial charge in [0, 0.05) is 0 Å². The second-order valence-electron chi connectivity index (χ2n) is 4.76. The average Bonchev–Trinajstić information content (AvgIpc) is 2.67. The van der Waals surface area contributed by atoms with Crippen molar-refractivity contribution < 1.29 is 9.84 Å². The van der Waals surface area contributed by atoms with Gasteiger partial charge in [-0.15, -0.1) is 0 Å². The Morgan fingerprint density at radius 3 is 2.88 bits per heavy atom. The molecule has 0 amide bonds. The monoisotopic (exact) mass is 220 g/mol. The van der Waals surface area contributed by atoms with E-state index < -0.39 is 5.60 Å². The summed E-state index contributed by atoms with van der Waals surface area (Å²) >= 11 is 0. The molecule has 2 rings (SSSR count). The summed E-state index contributed by atoms with van der Waals surface area (Å²) in [4.78, 5) is 0. The van der Waals surface area contributed by atoms with Gasteiger partial charge in [0.15, 0.2) is 0 Å². The predicted octanol–water partition coefficient (Wildman–Crippen LogP) is 2.88. The molecule has 0 spiro atoms. The molecule has 0 aliphatic heterocycles. The van der Waals surface area contributed by atoms with E-state index in [9.17, 15) is 5.11 Å². The Kier molecular flexibility index (Phi) is 2.94. The van der Waals surface area contributed by atoms with E-state index in [1.807, 2.05) is 12.1 Å². The highest BCUT2D eigenvalue weighted by molar-refractivity contribution is 5.43. The molecule has 1 aliphatic rings. The second-order valence-corrected chi connectivity index (χ2v) is 4.76. The van der Waals surface area contributed by atoms with Crippen molar-refractivity contribution in [2.75, 3.05) is 7.11 Å². The molecule has 0 radical (unpaired) electrons. The van der Waals surface area contributed by atoms with Crippen LogP contribution in [0.5, 0.6) is 5.75 Å². The number of aliphatic hydroxyl groups is 1. The summed E-state index contributed by atoms with van der Waals surface area (Å²) in [6.07, 6.45) is 2.80. The van der Waals surface area contributed by atoms with Gasteiger partial charge in [-0.3, -0.25) is 0 Å². The van der Waals surface area contributed by atoms with E-state index in [1.54, 1.807) is 7.11 Å². The molecule has 0 saturated carbocycles. The first-order chi connectivity index (χ1) is 7.61. The molecule has 16 heavy (non-hydrogen) atoms. The zero-order valence-corrected chi connectivity index (χ0v) is 10.3. The van der Waals surface area contributed by atoms with Crippen LogP contribution in [0, 0.1) is 5.92 Å². The van der Waals surface area contributed by atoms with E-state index in [0.29, 0.717) is 5.92 Å². The number of hydrogen-bond acceptors (Lipinski definition) is 2. The van der Waals surface area contributed by atoms with Crippen molar-refractivity contribution in [1.82, 2.24) is 0 Å². The molecule has 1 aliphatic carbocycles. The molecule has 0 aromatic heterocycles. The molecule has 88 valence electrons. The Balaban J connectivity index is 2.44. The molecule has 0 heterocycles. The normalized spacial score (nSPS) is 25.2. The van der Waals surface area contributed by atoms with Gasteiger partial charge < -0.3 is 9.84 Å². The van der Waals surface area contributed by atoms with Crippen LogP contribution in [0.15, 0.2) is 18.2 Å². The smallest absolute Gasteiger partial charge is 0.119 e. The van der Waals surface area contributed by atoms with Crippen LogP contribution in [0.3, 0.4) is 0 Å². The summed E-state index contributed by atoms with van der Waals surface area (Å²) < 4.78 is 5.24. The van der Waals surface area contributed by atoms with E-state index >= 15 is 0 Å². The number of methoxy groups -OCH3 is 1. The van der Waals surface area contributed by atoms with Gasteiger partial charge in [0.05, 0.1) is 12.7 Å². The van der Waals surface area contributed by atoms with Gasteiger partial charge in [-0.25, -0.2) is 0 Å². The highest BCUT2D eigenvalue weighted by Gasteiger charge is 2.40. The van der Waals surface area contributed by atoms with Crippen LogP contribution in [0.4, 0.5) is 0 Å². The third-order valence-electron chi connectivity index (χ3n) is 3.99. The fourth-order valence-corrected chi connectivity index (χ4v) is 2.61. The van der Waals surface area contributed by atoms with Crippen molar-refractivity contribution in [1.29, 1.82) is 0 Å². The van der Waals surface area contributed by atoms with Crippen LogP contribution >= 0.6 is 0 Å². The molecule has 0 fully saturated rings. The minimum absolute atomic E-state index is 0.292. The third-order valence-corrected chi connectivity index (χ3v) is 3.99. The van der Waals surface area contributed by atoms with Crippen LogP contribution in [0.25, 0.3) is 0 Å². The van der Waals surface area contributed by atoms with Crippen molar-refractivity contribution in [3.63, 3.8) is 0 Å². The Morgan fingerprint density at radius 1 is 1.50 bits per heavy atom. The van der Waals surface area contributed by atoms with Gasteiger partial charge in [0.1, 0.15) is 5.75 Å². The van der Waals surface area contributed by atoms with Gasteiger partial charge in [-0.05, 0) is 42.0 Å². The molecular formula is C14H20O2. The molecule has 0 saturated heterocycles. The van der Waals surface area contributed by atoms with E-state index in [-0.39, 0.29) is 0 Å². The van der Waals surface area contributed by atoms with Gasteiger partial charge in [0.25, 0.3) is 0 Å². The lowest BCUT2D eigenvalue weighted by Gasteiger charge is -2.30. The summed E-state index contributed by atoms with van der Waals surface area (Å²) in [5, 5.41) is 10.8. The number of fused-ring (bicyclic) bond motifs is 1. The lowest BCUT2D eigenvalue weighted by Crippen LogP contribution is -2.30. The third kappa shape index (κ3) is 1.61. The number of rotatable bonds is 3. The first-order valence-electron chi connectivity index (χ1n) is 6.01. The maximum absolute atomic E-state index is 10.8. The molecule has 2 unspecified atom stereocenters. The van der Waals surface area contributed by atoms with Crippen molar-refractivity contribution in [2.24, 2.45) is 5.92 Å². The highest BCUT2D eigenvalue weighted by Crippen LogP contribution is 2.44. The first kappa shape index (κ1) is 11.5. The zero-order valence-electron chi connectivity index (χ0n) is 10.3. The van der Waals surface area contributed by atoms with Crippen LogP contribution in [0.2, 0.25) is 0 Å². The Labute approximate surface area is 97.3 Å². The van der Waals surface area contributed by atoms with E-state index in [0.717, 1.165) is 30.6 Å². The van der Waals surface area contributed by atoms with Crippen LogP contribution in [-0.2, 0) is 12.0 Å². The first-order valence-corrected chi connectivity index (χ1v) is 6.01. The van der Waals surface area contributed by atoms with Crippen molar-refractivity contribution in [3.05, 3.63) is 29.3 Å². The number of benzene rings is 1. The number of hydrogen-bond donors (Lipinski definition) is 1. The summed E-state index contributed by atoms with van der Waals surface area (Å²) in [7, 11) is 1.67. The van der Waals surface area contributed by atoms with Gasteiger partial charge in [-0.2, -0.15) is 0 Å². The van der Waals surface area contributed by atoms with Crippen molar-refractivity contribution >= 4 is 0 Å². The summed E-state index contributed by atoms with van der Waals surface area (Å²) in [6.45, 7) is 4.25. The Morgan fingerprint density at radius 2 is 2.25 bits per heavy atom. The fourth-order valence-electron chi connectivity index (χ4n) is 2.61. The second kappa shape index (κ2) is 4.10. The molecule has 1 aromatic carbocycles. The number of ether oxygens (including phenoxy) is 1. The van der Waals surface area contributed by atoms with E-state index in [2.05, 4.69) is 19.9 Å². The quantitative estimate of drug-likeness (QED) is 0.848. The van der Waals surface area contributed by atoms with Crippen LogP contribution in [0.1, 0.15) is 37.8 Å². The molecule has 0 bridgehead atoms. The fraction of sp³-hybridized carbons (Fsp3) is 0.571. The van der Waals surface area contributed by atoms with Crippen molar-refractivity contribution in [2.45, 2.75) is 38.7 Å². The molecule has 2 nitrogen and oxygen atoms in total. The van der Waals surface area contributed by atoms with Crippen LogP contribution in [-0.4, -0.2) is 12.2 Å². The number of aryl methyl sites for hydroxylation is 1. The SMILES string of the molecule is CCC(C)C1(O)CCc2ccc(OC)cc21. The largest absolute Gasteiger partial charge is 0.497 e. The summed E-state index contributed by atoms with van der Waals surface area (Å²) in [6, 6.07) is 6.05. The summed E-state index contributed by atoms with van der Waals surface area (Å²) in [5.41, 5.74) is 1.68. The maximum Gasteiger partial charge on any atom is 0.119 e. The molecular weight excluding hydrogens is 200 g/mol. The Hall–Kier alpha value is -1.02. The highest BCUT2D eigenvalue weighted by atomic mass is 16.5. The maximum atomic E-state index is 10.8. The minimum atomic E-state index is -0.654. The lowest BCUT2D eigenvalue weighted by molar-refractivity contribution is -0.0169. The standard InChI is InChI=1S/C14H20O2/c1-4-10(2)14(15)8-7-11-5-6-12(16-3)9-13(11)14/h5-6,9-10,15H,4,7-8H2,1-3H3. The molecule has 2 atom stereocenters.